The molecule has 0 aromatic carbocycles. The van der Waals surface area contributed by atoms with E-state index in [0.717, 1.165) is 24.7 Å². The molecule has 0 aliphatic rings. The van der Waals surface area contributed by atoms with Gasteiger partial charge in [-0.25, -0.2) is 0 Å². The van der Waals surface area contributed by atoms with Crippen molar-refractivity contribution in [2.75, 3.05) is 19.0 Å². The summed E-state index contributed by atoms with van der Waals surface area (Å²) < 4.78 is 5.23. The Morgan fingerprint density at radius 3 is 2.67 bits per heavy atom. The average Bonchev–Trinajstić information content (AvgIpc) is 2.86. The molecule has 0 spiro atoms. The van der Waals surface area contributed by atoms with E-state index in [9.17, 15) is 4.79 Å². The third-order valence-corrected chi connectivity index (χ3v) is 4.25. The Balaban J connectivity index is 2.95. The zero-order valence-corrected chi connectivity index (χ0v) is 13.5. The molecule has 18 heavy (non-hydrogen) atoms. The number of ether oxygens (including phenoxy) is 1. The van der Waals surface area contributed by atoms with Crippen molar-refractivity contribution in [2.24, 2.45) is 0 Å². The number of alkyl halides is 1. The highest BCUT2D eigenvalue weighted by Gasteiger charge is 2.25. The third kappa shape index (κ3) is 3.48. The zero-order chi connectivity index (χ0) is 13.5. The average molecular weight is 334 g/mol. The Hall–Kier alpha value is -0.550. The number of hydrogen-bond acceptors (Lipinski definition) is 3. The Morgan fingerprint density at radius 2 is 2.17 bits per heavy atom. The summed E-state index contributed by atoms with van der Waals surface area (Å²) in [6, 6.07) is 2.14. The number of rotatable bonds is 7. The maximum atomic E-state index is 12.6. The highest BCUT2D eigenvalue weighted by Crippen LogP contribution is 2.27. The minimum Gasteiger partial charge on any atom is -0.495 e. The van der Waals surface area contributed by atoms with Crippen molar-refractivity contribution >= 4 is 33.2 Å². The van der Waals surface area contributed by atoms with Crippen molar-refractivity contribution in [3.05, 3.63) is 16.3 Å². The molecule has 1 rings (SSSR count). The van der Waals surface area contributed by atoms with Crippen molar-refractivity contribution in [3.63, 3.8) is 0 Å². The first kappa shape index (κ1) is 15.5. The van der Waals surface area contributed by atoms with Crippen LogP contribution in [-0.2, 0) is 0 Å². The van der Waals surface area contributed by atoms with Gasteiger partial charge in [0, 0.05) is 17.9 Å². The van der Waals surface area contributed by atoms with E-state index >= 15 is 0 Å². The predicted molar refractivity (Wildman–Crippen MR) is 80.1 cm³/mol. The van der Waals surface area contributed by atoms with Gasteiger partial charge in [-0.3, -0.25) is 4.79 Å². The summed E-state index contributed by atoms with van der Waals surface area (Å²) in [4.78, 5) is 15.2. The number of carbonyl (C=O) groups is 1. The molecule has 0 saturated carbocycles. The fourth-order valence-corrected chi connectivity index (χ4v) is 3.21. The molecule has 102 valence electrons. The van der Waals surface area contributed by atoms with Crippen LogP contribution >= 0.6 is 27.3 Å². The van der Waals surface area contributed by atoms with Crippen molar-refractivity contribution in [3.8, 4) is 5.75 Å². The molecule has 0 atom stereocenters. The number of thiophene rings is 1. The van der Waals surface area contributed by atoms with E-state index in [1.807, 2.05) is 16.3 Å². The summed E-state index contributed by atoms with van der Waals surface area (Å²) in [6.45, 7) is 4.97. The van der Waals surface area contributed by atoms with Crippen molar-refractivity contribution in [2.45, 2.75) is 32.7 Å². The fraction of sp³-hybridized carbons (Fsp3) is 0.615. The van der Waals surface area contributed by atoms with Gasteiger partial charge in [0.1, 0.15) is 10.6 Å². The second-order valence-electron chi connectivity index (χ2n) is 3.98. The second-order valence-corrected chi connectivity index (χ2v) is 5.69. The zero-order valence-electron chi connectivity index (χ0n) is 11.1. The number of halogens is 1. The lowest BCUT2D eigenvalue weighted by molar-refractivity contribution is 0.0685. The smallest absolute Gasteiger partial charge is 0.268 e. The molecule has 0 N–H and O–H groups in total. The summed E-state index contributed by atoms with van der Waals surface area (Å²) >= 11 is 4.87. The molecule has 0 aliphatic heterocycles. The summed E-state index contributed by atoms with van der Waals surface area (Å²) in [6.07, 6.45) is 1.95. The molecule has 1 aromatic rings. The van der Waals surface area contributed by atoms with E-state index in [-0.39, 0.29) is 5.91 Å². The van der Waals surface area contributed by atoms with E-state index in [1.165, 1.54) is 11.3 Å². The Labute approximate surface area is 121 Å². The number of amides is 1. The van der Waals surface area contributed by atoms with Crippen molar-refractivity contribution in [1.29, 1.82) is 0 Å². The van der Waals surface area contributed by atoms with Gasteiger partial charge in [-0.2, -0.15) is 0 Å². The van der Waals surface area contributed by atoms with Crippen molar-refractivity contribution < 1.29 is 9.53 Å². The van der Waals surface area contributed by atoms with E-state index in [2.05, 4.69) is 29.8 Å². The van der Waals surface area contributed by atoms with E-state index in [1.54, 1.807) is 7.11 Å². The number of nitrogens with zero attached hydrogens (tertiary/aromatic N) is 1. The maximum absolute atomic E-state index is 12.6. The largest absolute Gasteiger partial charge is 0.495 e. The van der Waals surface area contributed by atoms with Crippen LogP contribution in [0, 0.1) is 0 Å². The van der Waals surface area contributed by atoms with Crippen molar-refractivity contribution in [1.82, 2.24) is 4.90 Å². The molecule has 0 bridgehead atoms. The van der Waals surface area contributed by atoms with E-state index < -0.39 is 0 Å². The summed E-state index contributed by atoms with van der Waals surface area (Å²) in [5, 5.41) is 2.69. The van der Waals surface area contributed by atoms with Gasteiger partial charge in [0.15, 0.2) is 0 Å². The van der Waals surface area contributed by atoms with Crippen LogP contribution in [0.3, 0.4) is 0 Å². The van der Waals surface area contributed by atoms with Crippen LogP contribution in [0.1, 0.15) is 36.4 Å². The first-order chi connectivity index (χ1) is 8.69. The lowest BCUT2D eigenvalue weighted by Gasteiger charge is -2.29. The van der Waals surface area contributed by atoms with Crippen LogP contribution in [0.5, 0.6) is 5.75 Å². The normalized spacial score (nSPS) is 10.7. The molecule has 0 unspecified atom stereocenters. The van der Waals surface area contributed by atoms with Crippen LogP contribution in [0.2, 0.25) is 0 Å². The summed E-state index contributed by atoms with van der Waals surface area (Å²) in [5.41, 5.74) is 0. The van der Waals surface area contributed by atoms with Gasteiger partial charge < -0.3 is 9.64 Å². The molecule has 1 aromatic heterocycles. The maximum Gasteiger partial charge on any atom is 0.268 e. The van der Waals surface area contributed by atoms with E-state index in [0.29, 0.717) is 16.7 Å². The Bertz CT molecular complexity index is 377. The lowest BCUT2D eigenvalue weighted by atomic mass is 10.1. The summed E-state index contributed by atoms with van der Waals surface area (Å²) in [7, 11) is 1.60. The van der Waals surface area contributed by atoms with Gasteiger partial charge in [-0.15, -0.1) is 11.3 Å². The highest BCUT2D eigenvalue weighted by atomic mass is 79.9. The van der Waals surface area contributed by atoms with E-state index in [4.69, 9.17) is 4.74 Å². The highest BCUT2D eigenvalue weighted by molar-refractivity contribution is 9.09. The van der Waals surface area contributed by atoms with Crippen LogP contribution in [0.4, 0.5) is 0 Å². The van der Waals surface area contributed by atoms with Crippen LogP contribution < -0.4 is 4.74 Å². The van der Waals surface area contributed by atoms with Gasteiger partial charge in [-0.1, -0.05) is 29.8 Å². The fourth-order valence-electron chi connectivity index (χ4n) is 2.02. The third-order valence-electron chi connectivity index (χ3n) is 3.01. The van der Waals surface area contributed by atoms with Crippen LogP contribution in [0.15, 0.2) is 11.4 Å². The topological polar surface area (TPSA) is 29.5 Å². The number of carbonyl (C=O) groups excluding carboxylic acids is 1. The second kappa shape index (κ2) is 7.79. The minimum atomic E-state index is 0.0787. The van der Waals surface area contributed by atoms with Crippen LogP contribution in [0.25, 0.3) is 0 Å². The monoisotopic (exact) mass is 333 g/mol. The van der Waals surface area contributed by atoms with Gasteiger partial charge in [-0.05, 0) is 24.3 Å². The molecular weight excluding hydrogens is 314 g/mol. The molecule has 1 heterocycles. The molecule has 5 heteroatoms. The predicted octanol–water partition coefficient (Wildman–Crippen LogP) is 3.78. The van der Waals surface area contributed by atoms with Gasteiger partial charge in [0.05, 0.1) is 7.11 Å². The van der Waals surface area contributed by atoms with Gasteiger partial charge >= 0.3 is 0 Å². The minimum absolute atomic E-state index is 0.0787. The first-order valence-electron chi connectivity index (χ1n) is 6.17. The molecule has 0 radical (unpaired) electrons. The Morgan fingerprint density at radius 1 is 1.50 bits per heavy atom. The standard InChI is InChI=1S/C13H20BrNO2S/c1-4-10(5-2)15(8-7-14)13(16)12-11(17-3)6-9-18-12/h6,9-10H,4-5,7-8H2,1-3H3. The van der Waals surface area contributed by atoms with Gasteiger partial charge in [0.2, 0.25) is 0 Å². The molecule has 3 nitrogen and oxygen atoms in total. The quantitative estimate of drug-likeness (QED) is 0.710. The molecule has 0 fully saturated rings. The van der Waals surface area contributed by atoms with Crippen LogP contribution in [-0.4, -0.2) is 35.8 Å². The summed E-state index contributed by atoms with van der Waals surface area (Å²) in [5.74, 6) is 0.755. The Kier molecular flexibility index (Phi) is 6.71. The first-order valence-corrected chi connectivity index (χ1v) is 8.18. The number of hydrogen-bond donors (Lipinski definition) is 0. The lowest BCUT2D eigenvalue weighted by Crippen LogP contribution is -2.40. The molecular formula is C13H20BrNO2S. The SMILES string of the molecule is CCC(CC)N(CCBr)C(=O)c1sccc1OC. The van der Waals surface area contributed by atoms with Gasteiger partial charge in [0.25, 0.3) is 5.91 Å². The molecule has 0 saturated heterocycles. The molecule has 1 amide bonds. The molecule has 0 aliphatic carbocycles. The number of methoxy groups -OCH3 is 1.